The monoisotopic (exact) mass is 548 g/mol. The largest absolute Gasteiger partial charge is 0.444 e. The molecule has 1 aliphatic carbocycles. The van der Waals surface area contributed by atoms with Gasteiger partial charge in [0.15, 0.2) is 0 Å². The van der Waals surface area contributed by atoms with Gasteiger partial charge in [-0.25, -0.2) is 4.79 Å². The fraction of sp³-hybridized carbons (Fsp3) is 0.333. The summed E-state index contributed by atoms with van der Waals surface area (Å²) in [7, 11) is 0. The van der Waals surface area contributed by atoms with Gasteiger partial charge in [0.05, 0.1) is 11.5 Å². The molecule has 3 N–H and O–H groups in total. The van der Waals surface area contributed by atoms with Gasteiger partial charge < -0.3 is 20.7 Å². The molecule has 3 amide bonds. The third-order valence-electron chi connectivity index (χ3n) is 6.58. The summed E-state index contributed by atoms with van der Waals surface area (Å²) >= 11 is 6.02. The standard InChI is InChI=1S/C30H33ClN4O4/c1-19-17-32-16-13-24(19)34-26(36)21-7-5-20(6-8-21)25(35-28(38)39-29(2,3)4)18-33-27(37)30(14-15-30)22-9-11-23(31)12-10-22/h5-13,16-17,25H,14-15,18H2,1-4H3,(H,33,37)(H,35,38)(H,32,34,36). The molecule has 0 saturated heterocycles. The lowest BCUT2D eigenvalue weighted by molar-refractivity contribution is -0.123. The van der Waals surface area contributed by atoms with Gasteiger partial charge in [-0.05, 0) is 87.6 Å². The molecule has 1 fully saturated rings. The first-order chi connectivity index (χ1) is 18.5. The minimum absolute atomic E-state index is 0.107. The molecule has 204 valence electrons. The van der Waals surface area contributed by atoms with Crippen molar-refractivity contribution in [3.05, 3.63) is 94.3 Å². The van der Waals surface area contributed by atoms with Crippen LogP contribution < -0.4 is 16.0 Å². The van der Waals surface area contributed by atoms with Crippen molar-refractivity contribution >= 4 is 35.2 Å². The molecule has 39 heavy (non-hydrogen) atoms. The van der Waals surface area contributed by atoms with Crippen LogP contribution >= 0.6 is 11.6 Å². The molecule has 3 aromatic rings. The van der Waals surface area contributed by atoms with Crippen molar-refractivity contribution in [1.29, 1.82) is 0 Å². The van der Waals surface area contributed by atoms with Gasteiger partial charge in [0, 0.05) is 35.2 Å². The highest BCUT2D eigenvalue weighted by Crippen LogP contribution is 2.48. The molecule has 1 unspecified atom stereocenters. The van der Waals surface area contributed by atoms with Gasteiger partial charge in [-0.15, -0.1) is 0 Å². The molecular formula is C30H33ClN4O4. The third-order valence-corrected chi connectivity index (χ3v) is 6.83. The second-order valence-corrected chi connectivity index (χ2v) is 11.2. The van der Waals surface area contributed by atoms with Crippen LogP contribution in [0, 0.1) is 6.92 Å². The SMILES string of the molecule is Cc1cnccc1NC(=O)c1ccc(C(CNC(=O)C2(c3ccc(Cl)cc3)CC2)NC(=O)OC(C)(C)C)cc1. The Bertz CT molecular complexity index is 1350. The van der Waals surface area contributed by atoms with Gasteiger partial charge in [0.25, 0.3) is 5.91 Å². The molecule has 2 aromatic carbocycles. The van der Waals surface area contributed by atoms with Crippen LogP contribution in [0.5, 0.6) is 0 Å². The first kappa shape index (κ1) is 28.1. The molecule has 1 aliphatic rings. The van der Waals surface area contributed by atoms with Crippen molar-refractivity contribution in [2.24, 2.45) is 0 Å². The molecule has 1 saturated carbocycles. The second-order valence-electron chi connectivity index (χ2n) is 10.8. The summed E-state index contributed by atoms with van der Waals surface area (Å²) in [5.41, 5.74) is 2.35. The van der Waals surface area contributed by atoms with Crippen LogP contribution in [0.3, 0.4) is 0 Å². The highest BCUT2D eigenvalue weighted by molar-refractivity contribution is 6.30. The molecule has 1 atom stereocenters. The van der Waals surface area contributed by atoms with Gasteiger partial charge >= 0.3 is 6.09 Å². The predicted molar refractivity (Wildman–Crippen MR) is 151 cm³/mol. The van der Waals surface area contributed by atoms with Crippen LogP contribution in [-0.4, -0.2) is 35.0 Å². The van der Waals surface area contributed by atoms with E-state index in [2.05, 4.69) is 20.9 Å². The van der Waals surface area contributed by atoms with E-state index in [0.717, 1.165) is 24.0 Å². The van der Waals surface area contributed by atoms with Crippen molar-refractivity contribution in [1.82, 2.24) is 15.6 Å². The van der Waals surface area contributed by atoms with Gasteiger partial charge in [-0.3, -0.25) is 14.6 Å². The Morgan fingerprint density at radius 2 is 1.69 bits per heavy atom. The number of halogens is 1. The average Bonchev–Trinajstić information content (AvgIpc) is 3.69. The molecule has 8 nitrogen and oxygen atoms in total. The van der Waals surface area contributed by atoms with E-state index in [1.54, 1.807) is 75.6 Å². The maximum absolute atomic E-state index is 13.3. The fourth-order valence-electron chi connectivity index (χ4n) is 4.28. The van der Waals surface area contributed by atoms with Crippen molar-refractivity contribution in [3.63, 3.8) is 0 Å². The number of nitrogens with zero attached hydrogens (tertiary/aromatic N) is 1. The summed E-state index contributed by atoms with van der Waals surface area (Å²) in [5, 5.41) is 9.37. The fourth-order valence-corrected chi connectivity index (χ4v) is 4.41. The summed E-state index contributed by atoms with van der Waals surface area (Å²) in [6, 6.07) is 15.4. The zero-order valence-corrected chi connectivity index (χ0v) is 23.3. The number of rotatable bonds is 8. The number of carbonyl (C=O) groups excluding carboxylic acids is 3. The molecule has 9 heteroatoms. The smallest absolute Gasteiger partial charge is 0.408 e. The summed E-state index contributed by atoms with van der Waals surface area (Å²) in [6.45, 7) is 7.36. The van der Waals surface area contributed by atoms with Crippen LogP contribution in [0.15, 0.2) is 67.0 Å². The molecule has 0 bridgehead atoms. The Kier molecular flexibility index (Phi) is 8.25. The summed E-state index contributed by atoms with van der Waals surface area (Å²) in [4.78, 5) is 42.7. The highest BCUT2D eigenvalue weighted by Gasteiger charge is 2.51. The lowest BCUT2D eigenvalue weighted by atomic mass is 9.94. The summed E-state index contributed by atoms with van der Waals surface area (Å²) in [5.74, 6) is -0.371. The van der Waals surface area contributed by atoms with E-state index in [1.807, 2.05) is 19.1 Å². The zero-order chi connectivity index (χ0) is 28.2. The van der Waals surface area contributed by atoms with Crippen LogP contribution in [0.4, 0.5) is 10.5 Å². The average molecular weight is 549 g/mol. The van der Waals surface area contributed by atoms with Crippen molar-refractivity contribution < 1.29 is 19.1 Å². The Labute approximate surface area is 233 Å². The van der Waals surface area contributed by atoms with Crippen LogP contribution in [0.2, 0.25) is 5.02 Å². The normalized spacial score (nSPS) is 14.6. The lowest BCUT2D eigenvalue weighted by Crippen LogP contribution is -2.43. The van der Waals surface area contributed by atoms with E-state index in [0.29, 0.717) is 21.8 Å². The number of nitrogens with one attached hydrogen (secondary N) is 3. The van der Waals surface area contributed by atoms with E-state index < -0.39 is 23.2 Å². The maximum Gasteiger partial charge on any atom is 0.408 e. The van der Waals surface area contributed by atoms with E-state index >= 15 is 0 Å². The van der Waals surface area contributed by atoms with E-state index in [4.69, 9.17) is 16.3 Å². The second kappa shape index (κ2) is 11.5. The number of carbonyl (C=O) groups is 3. The summed E-state index contributed by atoms with van der Waals surface area (Å²) in [6.07, 6.45) is 4.18. The number of ether oxygens (including phenoxy) is 1. The number of hydrogen-bond acceptors (Lipinski definition) is 5. The van der Waals surface area contributed by atoms with Gasteiger partial charge in [0.1, 0.15) is 5.60 Å². The number of aryl methyl sites for hydroxylation is 1. The van der Waals surface area contributed by atoms with Gasteiger partial charge in [-0.2, -0.15) is 0 Å². The number of hydrogen-bond donors (Lipinski definition) is 3. The number of aromatic nitrogens is 1. The van der Waals surface area contributed by atoms with Crippen molar-refractivity contribution in [2.75, 3.05) is 11.9 Å². The van der Waals surface area contributed by atoms with Crippen LogP contribution in [-0.2, 0) is 14.9 Å². The minimum Gasteiger partial charge on any atom is -0.444 e. The molecular weight excluding hydrogens is 516 g/mol. The Hall–Kier alpha value is -3.91. The van der Waals surface area contributed by atoms with E-state index in [9.17, 15) is 14.4 Å². The molecule has 0 spiro atoms. The van der Waals surface area contributed by atoms with E-state index in [-0.39, 0.29) is 18.4 Å². The molecule has 0 radical (unpaired) electrons. The first-order valence-corrected chi connectivity index (χ1v) is 13.2. The molecule has 1 aromatic heterocycles. The maximum atomic E-state index is 13.3. The van der Waals surface area contributed by atoms with Gasteiger partial charge in [0.2, 0.25) is 5.91 Å². The minimum atomic E-state index is -0.683. The van der Waals surface area contributed by atoms with Crippen LogP contribution in [0.25, 0.3) is 0 Å². The number of alkyl carbamates (subject to hydrolysis) is 1. The zero-order valence-electron chi connectivity index (χ0n) is 22.5. The topological polar surface area (TPSA) is 109 Å². The third kappa shape index (κ3) is 7.15. The first-order valence-electron chi connectivity index (χ1n) is 12.8. The molecule has 0 aliphatic heterocycles. The number of anilines is 1. The number of amides is 3. The van der Waals surface area contributed by atoms with Crippen molar-refractivity contribution in [2.45, 2.75) is 57.6 Å². The molecule has 1 heterocycles. The number of pyridine rings is 1. The van der Waals surface area contributed by atoms with Crippen molar-refractivity contribution in [3.8, 4) is 0 Å². The lowest BCUT2D eigenvalue weighted by Gasteiger charge is -2.25. The van der Waals surface area contributed by atoms with Gasteiger partial charge in [-0.1, -0.05) is 35.9 Å². The Balaban J connectivity index is 1.48. The Morgan fingerprint density at radius 1 is 1.03 bits per heavy atom. The highest BCUT2D eigenvalue weighted by atomic mass is 35.5. The number of benzene rings is 2. The molecule has 4 rings (SSSR count). The van der Waals surface area contributed by atoms with E-state index in [1.165, 1.54) is 0 Å². The quantitative estimate of drug-likeness (QED) is 0.334. The van der Waals surface area contributed by atoms with Crippen LogP contribution in [0.1, 0.15) is 66.7 Å². The summed E-state index contributed by atoms with van der Waals surface area (Å²) < 4.78 is 5.45. The Morgan fingerprint density at radius 3 is 2.28 bits per heavy atom. The predicted octanol–water partition coefficient (Wildman–Crippen LogP) is 5.71.